The van der Waals surface area contributed by atoms with Gasteiger partial charge in [0.2, 0.25) is 16.9 Å². The van der Waals surface area contributed by atoms with E-state index >= 15 is 0 Å². The molecule has 2 aromatic carbocycles. The van der Waals surface area contributed by atoms with Gasteiger partial charge in [0, 0.05) is 20.4 Å². The highest BCUT2D eigenvalue weighted by Gasteiger charge is 2.18. The lowest BCUT2D eigenvalue weighted by Crippen LogP contribution is -2.08. The van der Waals surface area contributed by atoms with Crippen molar-refractivity contribution in [1.29, 1.82) is 0 Å². The van der Waals surface area contributed by atoms with E-state index in [-0.39, 0.29) is 5.12 Å². The van der Waals surface area contributed by atoms with Crippen LogP contribution in [0.4, 0.5) is 0 Å². The first-order chi connectivity index (χ1) is 16.3. The smallest absolute Gasteiger partial charge is 0.419 e. The van der Waals surface area contributed by atoms with Crippen LogP contribution in [0.5, 0.6) is 5.75 Å². The summed E-state index contributed by atoms with van der Waals surface area (Å²) < 4.78 is 17.8. The fourth-order valence-electron chi connectivity index (χ4n) is 3.94. The fourth-order valence-corrected chi connectivity index (χ4v) is 4.31. The molecule has 0 fully saturated rings. The van der Waals surface area contributed by atoms with Crippen molar-refractivity contribution in [2.75, 3.05) is 13.4 Å². The monoisotopic (exact) mass is 479 g/mol. The minimum absolute atomic E-state index is 0.0739. The zero-order valence-corrected chi connectivity index (χ0v) is 20.5. The first-order valence-corrected chi connectivity index (χ1v) is 11.9. The predicted molar refractivity (Wildman–Crippen MR) is 131 cm³/mol. The summed E-state index contributed by atoms with van der Waals surface area (Å²) in [7, 11) is 3.24. The number of thioether (sulfide) groups is 1. The average molecular weight is 480 g/mol. The predicted octanol–water partition coefficient (Wildman–Crippen LogP) is 4.71. The highest BCUT2D eigenvalue weighted by Crippen LogP contribution is 2.34. The van der Waals surface area contributed by atoms with Crippen molar-refractivity contribution in [1.82, 2.24) is 14.8 Å². The Labute approximate surface area is 200 Å². The standard InChI is InChI=1S/C25H25N3O5S/c1-14-11-17(12-19(23(14)31-4)24(29)34-5)18(7-6-8-22-27-26-15(2)32-22)16-9-10-21-20(13-16)28(3)25(30)33-21/h7,9-13H,6,8H2,1-5H3/b18-7+. The molecule has 34 heavy (non-hydrogen) atoms. The van der Waals surface area contributed by atoms with E-state index in [1.165, 1.54) is 4.57 Å². The van der Waals surface area contributed by atoms with E-state index in [0.717, 1.165) is 34.0 Å². The Bertz CT molecular complexity index is 1460. The molecule has 0 N–H and O–H groups in total. The summed E-state index contributed by atoms with van der Waals surface area (Å²) in [6, 6.07) is 9.46. The molecular weight excluding hydrogens is 454 g/mol. The third kappa shape index (κ3) is 4.56. The minimum Gasteiger partial charge on any atom is -0.496 e. The third-order valence-corrected chi connectivity index (χ3v) is 6.16. The summed E-state index contributed by atoms with van der Waals surface area (Å²) in [6.07, 6.45) is 5.03. The number of hydrogen-bond acceptors (Lipinski definition) is 8. The number of aryl methyl sites for hydroxylation is 4. The van der Waals surface area contributed by atoms with Gasteiger partial charge in [0.1, 0.15) is 5.75 Å². The van der Waals surface area contributed by atoms with Gasteiger partial charge in [-0.05, 0) is 66.1 Å². The number of ether oxygens (including phenoxy) is 1. The van der Waals surface area contributed by atoms with Crippen LogP contribution in [-0.4, -0.2) is 33.2 Å². The lowest BCUT2D eigenvalue weighted by molar-refractivity contribution is 0.108. The fraction of sp³-hybridized carbons (Fsp3) is 0.280. The van der Waals surface area contributed by atoms with Crippen molar-refractivity contribution >= 4 is 33.5 Å². The van der Waals surface area contributed by atoms with Gasteiger partial charge in [-0.15, -0.1) is 10.2 Å². The molecule has 9 heteroatoms. The maximum absolute atomic E-state index is 12.7. The molecule has 0 aliphatic rings. The molecule has 0 bridgehead atoms. The molecule has 0 spiro atoms. The van der Waals surface area contributed by atoms with E-state index in [1.807, 2.05) is 31.2 Å². The quantitative estimate of drug-likeness (QED) is 0.376. The van der Waals surface area contributed by atoms with Crippen molar-refractivity contribution in [2.45, 2.75) is 26.7 Å². The molecule has 4 rings (SSSR count). The molecule has 2 aromatic heterocycles. The molecule has 0 amide bonds. The van der Waals surface area contributed by atoms with Gasteiger partial charge in [-0.2, -0.15) is 0 Å². The molecule has 0 aliphatic heterocycles. The summed E-state index contributed by atoms with van der Waals surface area (Å²) in [6.45, 7) is 3.67. The lowest BCUT2D eigenvalue weighted by atomic mass is 9.93. The van der Waals surface area contributed by atoms with Crippen molar-refractivity contribution in [3.8, 4) is 5.75 Å². The number of nitrogens with zero attached hydrogens (tertiary/aromatic N) is 3. The van der Waals surface area contributed by atoms with Gasteiger partial charge in [-0.1, -0.05) is 23.9 Å². The third-order valence-electron chi connectivity index (χ3n) is 5.57. The van der Waals surface area contributed by atoms with Gasteiger partial charge in [-0.25, -0.2) is 4.79 Å². The molecular formula is C25H25N3O5S. The van der Waals surface area contributed by atoms with Crippen LogP contribution in [0, 0.1) is 13.8 Å². The molecule has 176 valence electrons. The number of carbonyl (C=O) groups is 1. The largest absolute Gasteiger partial charge is 0.496 e. The Morgan fingerprint density at radius 2 is 1.94 bits per heavy atom. The van der Waals surface area contributed by atoms with Crippen LogP contribution in [0.2, 0.25) is 0 Å². The lowest BCUT2D eigenvalue weighted by Gasteiger charge is -2.15. The summed E-state index contributed by atoms with van der Waals surface area (Å²) in [4.78, 5) is 24.7. The Kier molecular flexibility index (Phi) is 6.74. The van der Waals surface area contributed by atoms with Gasteiger partial charge < -0.3 is 13.6 Å². The highest BCUT2D eigenvalue weighted by atomic mass is 32.2. The number of methoxy groups -OCH3 is 1. The Balaban J connectivity index is 1.85. The normalized spacial score (nSPS) is 11.9. The molecule has 0 radical (unpaired) electrons. The second-order valence-electron chi connectivity index (χ2n) is 7.85. The Morgan fingerprint density at radius 1 is 1.15 bits per heavy atom. The van der Waals surface area contributed by atoms with Gasteiger partial charge in [-0.3, -0.25) is 9.36 Å². The summed E-state index contributed by atoms with van der Waals surface area (Å²) >= 11 is 1.14. The van der Waals surface area contributed by atoms with Gasteiger partial charge in [0.15, 0.2) is 5.58 Å². The Hall–Kier alpha value is -3.59. The molecule has 8 nitrogen and oxygen atoms in total. The number of rotatable bonds is 7. The van der Waals surface area contributed by atoms with Crippen LogP contribution in [0.15, 0.2) is 50.0 Å². The number of carbonyl (C=O) groups excluding carboxylic acids is 1. The van der Waals surface area contributed by atoms with Crippen molar-refractivity contribution < 1.29 is 18.4 Å². The SMILES string of the molecule is COc1c(C)cc(/C(=C/CCc2nnc(C)o2)c2ccc3oc(=O)n(C)c3c2)cc1C(=O)SC. The topological polar surface area (TPSA) is 100 Å². The van der Waals surface area contributed by atoms with Crippen LogP contribution in [0.25, 0.3) is 16.7 Å². The van der Waals surface area contributed by atoms with E-state index < -0.39 is 5.76 Å². The molecule has 0 saturated carbocycles. The highest BCUT2D eigenvalue weighted by molar-refractivity contribution is 8.13. The molecule has 0 unspecified atom stereocenters. The first kappa shape index (κ1) is 23.6. The number of benzene rings is 2. The molecule has 0 aliphatic carbocycles. The average Bonchev–Trinajstić information content (AvgIpc) is 3.37. The van der Waals surface area contributed by atoms with Gasteiger partial charge >= 0.3 is 5.76 Å². The number of aromatic nitrogens is 3. The van der Waals surface area contributed by atoms with Gasteiger partial charge in [0.05, 0.1) is 18.2 Å². The van der Waals surface area contributed by atoms with Crippen molar-refractivity contribution in [3.05, 3.63) is 81.0 Å². The first-order valence-electron chi connectivity index (χ1n) is 10.7. The number of fused-ring (bicyclic) bond motifs is 1. The van der Waals surface area contributed by atoms with E-state index in [4.69, 9.17) is 13.6 Å². The van der Waals surface area contributed by atoms with Crippen molar-refractivity contribution in [2.24, 2.45) is 7.05 Å². The van der Waals surface area contributed by atoms with E-state index in [1.54, 1.807) is 33.4 Å². The van der Waals surface area contributed by atoms with Crippen LogP contribution < -0.4 is 10.5 Å². The Morgan fingerprint density at radius 3 is 2.62 bits per heavy atom. The minimum atomic E-state index is -0.419. The van der Waals surface area contributed by atoms with Crippen LogP contribution >= 0.6 is 11.8 Å². The second-order valence-corrected chi connectivity index (χ2v) is 8.63. The number of hydrogen-bond donors (Lipinski definition) is 0. The summed E-state index contributed by atoms with van der Waals surface area (Å²) in [5.41, 5.74) is 5.23. The second kappa shape index (κ2) is 9.72. The zero-order valence-electron chi connectivity index (χ0n) is 19.7. The summed E-state index contributed by atoms with van der Waals surface area (Å²) in [5, 5.41) is 7.88. The molecule has 2 heterocycles. The maximum atomic E-state index is 12.7. The van der Waals surface area contributed by atoms with Gasteiger partial charge in [0.25, 0.3) is 0 Å². The van der Waals surface area contributed by atoms with Crippen molar-refractivity contribution in [3.63, 3.8) is 0 Å². The van der Waals surface area contributed by atoms with Crippen LogP contribution in [0.1, 0.15) is 45.3 Å². The van der Waals surface area contributed by atoms with E-state index in [9.17, 15) is 9.59 Å². The van der Waals surface area contributed by atoms with Crippen LogP contribution in [-0.2, 0) is 13.5 Å². The number of allylic oxidation sites excluding steroid dienone is 1. The number of oxazole rings is 1. The van der Waals surface area contributed by atoms with Crippen LogP contribution in [0.3, 0.4) is 0 Å². The van der Waals surface area contributed by atoms with E-state index in [0.29, 0.717) is 47.0 Å². The van der Waals surface area contributed by atoms with E-state index in [2.05, 4.69) is 16.3 Å². The molecule has 0 saturated heterocycles. The maximum Gasteiger partial charge on any atom is 0.419 e. The molecule has 4 aromatic rings. The summed E-state index contributed by atoms with van der Waals surface area (Å²) in [5.74, 6) is 1.23. The zero-order chi connectivity index (χ0) is 24.4. The molecule has 0 atom stereocenters.